The Morgan fingerprint density at radius 2 is 2.00 bits per heavy atom. The van der Waals surface area contributed by atoms with Crippen LogP contribution < -0.4 is 9.54 Å². The van der Waals surface area contributed by atoms with Crippen molar-refractivity contribution in [3.05, 3.63) is 56.8 Å². The van der Waals surface area contributed by atoms with Crippen LogP contribution in [0.15, 0.2) is 41.4 Å². The van der Waals surface area contributed by atoms with Gasteiger partial charge in [0.1, 0.15) is 5.75 Å². The van der Waals surface area contributed by atoms with Gasteiger partial charge in [-0.05, 0) is 43.7 Å². The summed E-state index contributed by atoms with van der Waals surface area (Å²) in [7, 11) is 0. The highest BCUT2D eigenvalue weighted by atomic mass is 35.5. The fourth-order valence-electron chi connectivity index (χ4n) is 2.90. The van der Waals surface area contributed by atoms with E-state index in [9.17, 15) is 4.79 Å². The molecular weight excluding hydrogens is 443 g/mol. The van der Waals surface area contributed by atoms with Gasteiger partial charge in [0, 0.05) is 18.7 Å². The number of carbonyl (C=O) groups is 1. The Hall–Kier alpha value is -1.86. The van der Waals surface area contributed by atoms with Gasteiger partial charge in [-0.1, -0.05) is 53.9 Å². The van der Waals surface area contributed by atoms with Crippen LogP contribution >= 0.6 is 34.5 Å². The standard InChI is InChI=1S/C22H24Cl2N2O3S/c1-3-5-12-29-16-8-6-7-15(14-16)21(27)25-22-26(11-13-28-4-2)20-18(30-22)10-9-17(23)19(20)24/h6-10,14H,3-5,11-13H2,1-2H3. The van der Waals surface area contributed by atoms with Crippen LogP contribution in [0, 0.1) is 0 Å². The molecule has 1 amide bonds. The van der Waals surface area contributed by atoms with E-state index in [0.29, 0.717) is 52.5 Å². The molecule has 30 heavy (non-hydrogen) atoms. The average Bonchev–Trinajstić information content (AvgIpc) is 3.09. The second-order valence-electron chi connectivity index (χ2n) is 6.59. The molecule has 0 radical (unpaired) electrons. The van der Waals surface area contributed by atoms with E-state index in [-0.39, 0.29) is 5.91 Å². The van der Waals surface area contributed by atoms with E-state index in [0.717, 1.165) is 23.1 Å². The molecule has 0 bridgehead atoms. The van der Waals surface area contributed by atoms with Crippen LogP contribution in [0.5, 0.6) is 5.75 Å². The van der Waals surface area contributed by atoms with E-state index in [1.807, 2.05) is 23.6 Å². The monoisotopic (exact) mass is 466 g/mol. The minimum Gasteiger partial charge on any atom is -0.494 e. The van der Waals surface area contributed by atoms with Gasteiger partial charge >= 0.3 is 0 Å². The first-order chi connectivity index (χ1) is 14.5. The Morgan fingerprint density at radius 3 is 2.77 bits per heavy atom. The zero-order valence-electron chi connectivity index (χ0n) is 17.0. The number of benzene rings is 2. The highest BCUT2D eigenvalue weighted by molar-refractivity contribution is 7.16. The molecule has 1 aromatic heterocycles. The van der Waals surface area contributed by atoms with Crippen LogP contribution in [0.3, 0.4) is 0 Å². The Balaban J connectivity index is 1.98. The number of unbranched alkanes of at least 4 members (excludes halogenated alkanes) is 1. The third-order valence-electron chi connectivity index (χ3n) is 4.44. The van der Waals surface area contributed by atoms with Crippen molar-refractivity contribution in [2.75, 3.05) is 19.8 Å². The highest BCUT2D eigenvalue weighted by Gasteiger charge is 2.14. The summed E-state index contributed by atoms with van der Waals surface area (Å²) in [4.78, 5) is 17.8. The van der Waals surface area contributed by atoms with Gasteiger partial charge in [-0.15, -0.1) is 0 Å². The molecular formula is C22H24Cl2N2O3S. The van der Waals surface area contributed by atoms with E-state index in [1.54, 1.807) is 24.3 Å². The molecule has 0 fully saturated rings. The largest absolute Gasteiger partial charge is 0.494 e. The molecule has 0 N–H and O–H groups in total. The van der Waals surface area contributed by atoms with Gasteiger partial charge < -0.3 is 14.0 Å². The third kappa shape index (κ3) is 5.43. The maximum atomic E-state index is 12.9. The minimum atomic E-state index is -0.338. The number of nitrogens with zero attached hydrogens (tertiary/aromatic N) is 2. The van der Waals surface area contributed by atoms with E-state index in [1.165, 1.54) is 11.3 Å². The molecule has 0 aliphatic rings. The number of thiazole rings is 1. The summed E-state index contributed by atoms with van der Waals surface area (Å²) >= 11 is 14.1. The molecule has 0 aliphatic heterocycles. The molecule has 3 aromatic rings. The van der Waals surface area contributed by atoms with Crippen molar-refractivity contribution < 1.29 is 14.3 Å². The lowest BCUT2D eigenvalue weighted by Gasteiger charge is -2.08. The first kappa shape index (κ1) is 22.8. The smallest absolute Gasteiger partial charge is 0.279 e. The molecule has 8 heteroatoms. The summed E-state index contributed by atoms with van der Waals surface area (Å²) in [5.41, 5.74) is 1.24. The number of halogens is 2. The molecule has 2 aromatic carbocycles. The van der Waals surface area contributed by atoms with Crippen molar-refractivity contribution in [1.29, 1.82) is 0 Å². The Kier molecular flexibility index (Phi) is 8.33. The molecule has 0 saturated carbocycles. The van der Waals surface area contributed by atoms with Crippen molar-refractivity contribution in [1.82, 2.24) is 4.57 Å². The zero-order valence-corrected chi connectivity index (χ0v) is 19.3. The molecule has 3 rings (SSSR count). The van der Waals surface area contributed by atoms with Crippen molar-refractivity contribution in [2.24, 2.45) is 4.99 Å². The van der Waals surface area contributed by atoms with Crippen LogP contribution in [0.1, 0.15) is 37.0 Å². The number of hydrogen-bond acceptors (Lipinski definition) is 4. The molecule has 1 heterocycles. The lowest BCUT2D eigenvalue weighted by atomic mass is 10.2. The molecule has 5 nitrogen and oxygen atoms in total. The maximum Gasteiger partial charge on any atom is 0.279 e. The van der Waals surface area contributed by atoms with Crippen molar-refractivity contribution >= 4 is 50.7 Å². The Morgan fingerprint density at radius 1 is 1.17 bits per heavy atom. The summed E-state index contributed by atoms with van der Waals surface area (Å²) in [6.45, 7) is 6.26. The second-order valence-corrected chi connectivity index (χ2v) is 8.38. The number of hydrogen-bond donors (Lipinski definition) is 0. The number of ether oxygens (including phenoxy) is 2. The zero-order chi connectivity index (χ0) is 21.5. The highest BCUT2D eigenvalue weighted by Crippen LogP contribution is 2.32. The van der Waals surface area contributed by atoms with Crippen molar-refractivity contribution in [3.63, 3.8) is 0 Å². The number of fused-ring (bicyclic) bond motifs is 1. The predicted molar refractivity (Wildman–Crippen MR) is 123 cm³/mol. The van der Waals surface area contributed by atoms with Gasteiger partial charge in [0.15, 0.2) is 4.80 Å². The average molecular weight is 467 g/mol. The van der Waals surface area contributed by atoms with Crippen LogP contribution in [0.2, 0.25) is 10.0 Å². The molecule has 0 aliphatic carbocycles. The van der Waals surface area contributed by atoms with Gasteiger partial charge in [0.25, 0.3) is 5.91 Å². The summed E-state index contributed by atoms with van der Waals surface area (Å²) in [6.07, 6.45) is 2.02. The van der Waals surface area contributed by atoms with Gasteiger partial charge in [-0.3, -0.25) is 4.79 Å². The van der Waals surface area contributed by atoms with Crippen LogP contribution in [-0.4, -0.2) is 30.3 Å². The van der Waals surface area contributed by atoms with Crippen LogP contribution in [0.25, 0.3) is 10.2 Å². The second kappa shape index (κ2) is 11.0. The summed E-state index contributed by atoms with van der Waals surface area (Å²) in [5, 5.41) is 0.907. The Labute approximate surface area is 189 Å². The van der Waals surface area contributed by atoms with Crippen LogP contribution in [-0.2, 0) is 11.3 Å². The van der Waals surface area contributed by atoms with E-state index in [2.05, 4.69) is 11.9 Å². The number of rotatable bonds is 9. The van der Waals surface area contributed by atoms with E-state index in [4.69, 9.17) is 32.7 Å². The quantitative estimate of drug-likeness (QED) is 0.365. The third-order valence-corrected chi connectivity index (χ3v) is 6.28. The predicted octanol–water partition coefficient (Wildman–Crippen LogP) is 5.97. The van der Waals surface area contributed by atoms with Gasteiger partial charge in [0.2, 0.25) is 0 Å². The summed E-state index contributed by atoms with van der Waals surface area (Å²) in [5.74, 6) is 0.328. The summed E-state index contributed by atoms with van der Waals surface area (Å²) in [6, 6.07) is 10.7. The molecule has 0 saturated heterocycles. The molecule has 0 spiro atoms. The molecule has 0 unspecified atom stereocenters. The fraction of sp³-hybridized carbons (Fsp3) is 0.364. The van der Waals surface area contributed by atoms with Crippen molar-refractivity contribution in [2.45, 2.75) is 33.2 Å². The van der Waals surface area contributed by atoms with Crippen LogP contribution in [0.4, 0.5) is 0 Å². The van der Waals surface area contributed by atoms with Crippen molar-refractivity contribution in [3.8, 4) is 5.75 Å². The molecule has 160 valence electrons. The van der Waals surface area contributed by atoms with E-state index >= 15 is 0 Å². The number of carbonyl (C=O) groups excluding carboxylic acids is 1. The fourth-order valence-corrected chi connectivity index (χ4v) is 4.44. The minimum absolute atomic E-state index is 0.338. The van der Waals surface area contributed by atoms with Gasteiger partial charge in [-0.2, -0.15) is 4.99 Å². The van der Waals surface area contributed by atoms with Gasteiger partial charge in [0.05, 0.1) is 33.5 Å². The lowest BCUT2D eigenvalue weighted by molar-refractivity contribution is 0.0996. The number of amides is 1. The molecule has 0 atom stereocenters. The Bertz CT molecular complexity index is 1090. The first-order valence-corrected chi connectivity index (χ1v) is 11.5. The topological polar surface area (TPSA) is 52.8 Å². The normalized spacial score (nSPS) is 11.9. The lowest BCUT2D eigenvalue weighted by Crippen LogP contribution is -2.20. The number of aromatic nitrogens is 1. The SMILES string of the molecule is CCCCOc1cccc(C(=O)N=c2sc3ccc(Cl)c(Cl)c3n2CCOCC)c1. The maximum absolute atomic E-state index is 12.9. The first-order valence-electron chi connectivity index (χ1n) is 9.92. The summed E-state index contributed by atoms with van der Waals surface area (Å²) < 4.78 is 14.0. The van der Waals surface area contributed by atoms with E-state index < -0.39 is 0 Å². The van der Waals surface area contributed by atoms with Gasteiger partial charge in [-0.25, -0.2) is 0 Å².